The van der Waals surface area contributed by atoms with Crippen LogP contribution in [0.2, 0.25) is 0 Å². The Labute approximate surface area is 206 Å². The van der Waals surface area contributed by atoms with Gasteiger partial charge in [-0.15, -0.1) is 0 Å². The molecule has 35 heavy (non-hydrogen) atoms. The number of aryl methyl sites for hydroxylation is 2. The lowest BCUT2D eigenvalue weighted by Crippen LogP contribution is -2.40. The number of fused-ring (bicyclic) bond motifs is 1. The molecular formula is C29H32N4O2. The predicted octanol–water partition coefficient (Wildman–Crippen LogP) is 6.22. The maximum atomic E-state index is 13.8. The van der Waals surface area contributed by atoms with Gasteiger partial charge < -0.3 is 10.2 Å². The van der Waals surface area contributed by atoms with Gasteiger partial charge in [0.25, 0.3) is 5.56 Å². The summed E-state index contributed by atoms with van der Waals surface area (Å²) in [5.74, 6) is 0.586. The number of anilines is 1. The van der Waals surface area contributed by atoms with Gasteiger partial charge in [-0.3, -0.25) is 9.36 Å². The highest BCUT2D eigenvalue weighted by Crippen LogP contribution is 2.26. The standard InChI is InChI=1S/C29H32N4O2/c1-5-18-32-27(30-25-17-10-9-16-24(25)28(32)34)22(4)33(19-23-14-7-6-8-15-23)29(35)31-26-20(2)12-11-13-21(26)3/h6-17,22H,5,18-19H2,1-4H3,(H,31,35). The number of hydrogen-bond donors (Lipinski definition) is 1. The van der Waals surface area contributed by atoms with Crippen LogP contribution in [-0.4, -0.2) is 20.5 Å². The van der Waals surface area contributed by atoms with Crippen LogP contribution in [0.25, 0.3) is 10.9 Å². The van der Waals surface area contributed by atoms with Gasteiger partial charge in [-0.2, -0.15) is 0 Å². The maximum absolute atomic E-state index is 13.8. The summed E-state index contributed by atoms with van der Waals surface area (Å²) in [4.78, 5) is 33.8. The molecule has 6 heteroatoms. The lowest BCUT2D eigenvalue weighted by atomic mass is 10.1. The number of amides is 2. The van der Waals surface area contributed by atoms with E-state index in [0.29, 0.717) is 29.8 Å². The molecule has 1 aromatic heterocycles. The van der Waals surface area contributed by atoms with Crippen molar-refractivity contribution in [3.05, 3.63) is 106 Å². The van der Waals surface area contributed by atoms with Crippen LogP contribution < -0.4 is 10.9 Å². The van der Waals surface area contributed by atoms with Crippen molar-refractivity contribution in [3.63, 3.8) is 0 Å². The number of carbonyl (C=O) groups is 1. The van der Waals surface area contributed by atoms with Gasteiger partial charge in [-0.05, 0) is 56.0 Å². The summed E-state index contributed by atoms with van der Waals surface area (Å²) in [5.41, 5.74) is 4.37. The molecule has 0 aliphatic heterocycles. The molecule has 1 unspecified atom stereocenters. The first kappa shape index (κ1) is 24.2. The van der Waals surface area contributed by atoms with Crippen LogP contribution in [0.4, 0.5) is 10.5 Å². The Balaban J connectivity index is 1.80. The summed E-state index contributed by atoms with van der Waals surface area (Å²) in [6, 6.07) is 22.5. The summed E-state index contributed by atoms with van der Waals surface area (Å²) in [7, 11) is 0. The molecule has 1 heterocycles. The quantitative estimate of drug-likeness (QED) is 0.350. The minimum atomic E-state index is -0.441. The fourth-order valence-electron chi connectivity index (χ4n) is 4.44. The van der Waals surface area contributed by atoms with E-state index in [1.165, 1.54) is 0 Å². The third-order valence-corrected chi connectivity index (χ3v) is 6.35. The molecule has 0 saturated carbocycles. The Morgan fingerprint density at radius 2 is 1.63 bits per heavy atom. The molecule has 0 bridgehead atoms. The van der Waals surface area contributed by atoms with Crippen LogP contribution in [0.1, 0.15) is 48.8 Å². The summed E-state index contributed by atoms with van der Waals surface area (Å²) in [5, 5.41) is 3.71. The average Bonchev–Trinajstić information content (AvgIpc) is 2.86. The third kappa shape index (κ3) is 5.11. The Bertz CT molecular complexity index is 1370. The molecule has 4 aromatic rings. The lowest BCUT2D eigenvalue weighted by molar-refractivity contribution is 0.184. The van der Waals surface area contributed by atoms with E-state index in [4.69, 9.17) is 4.98 Å². The Morgan fingerprint density at radius 3 is 2.31 bits per heavy atom. The molecule has 3 aromatic carbocycles. The van der Waals surface area contributed by atoms with E-state index >= 15 is 0 Å². The molecule has 180 valence electrons. The van der Waals surface area contributed by atoms with Crippen molar-refractivity contribution in [1.29, 1.82) is 0 Å². The van der Waals surface area contributed by atoms with E-state index < -0.39 is 6.04 Å². The molecule has 0 aliphatic rings. The van der Waals surface area contributed by atoms with Crippen LogP contribution in [0.15, 0.2) is 77.6 Å². The monoisotopic (exact) mass is 468 g/mol. The molecule has 2 amide bonds. The first-order valence-corrected chi connectivity index (χ1v) is 12.1. The molecule has 4 rings (SSSR count). The number of nitrogens with zero attached hydrogens (tertiary/aromatic N) is 3. The zero-order valence-corrected chi connectivity index (χ0v) is 20.8. The molecule has 0 fully saturated rings. The maximum Gasteiger partial charge on any atom is 0.322 e. The van der Waals surface area contributed by atoms with Crippen LogP contribution in [0.5, 0.6) is 0 Å². The van der Waals surface area contributed by atoms with Crippen LogP contribution >= 0.6 is 0 Å². The van der Waals surface area contributed by atoms with Crippen molar-refractivity contribution in [3.8, 4) is 0 Å². The molecule has 0 spiro atoms. The minimum Gasteiger partial charge on any atom is -0.310 e. The van der Waals surface area contributed by atoms with Crippen LogP contribution in [-0.2, 0) is 13.1 Å². The van der Waals surface area contributed by atoms with Crippen molar-refractivity contribution in [1.82, 2.24) is 14.5 Å². The first-order valence-electron chi connectivity index (χ1n) is 12.1. The van der Waals surface area contributed by atoms with Crippen molar-refractivity contribution < 1.29 is 4.79 Å². The van der Waals surface area contributed by atoms with Crippen molar-refractivity contribution in [2.75, 3.05) is 5.32 Å². The molecule has 0 aliphatic carbocycles. The second-order valence-electron chi connectivity index (χ2n) is 8.93. The number of benzene rings is 3. The highest BCUT2D eigenvalue weighted by atomic mass is 16.2. The number of hydrogen-bond acceptors (Lipinski definition) is 3. The summed E-state index contributed by atoms with van der Waals surface area (Å²) >= 11 is 0. The number of aromatic nitrogens is 2. The fraction of sp³-hybridized carbons (Fsp3) is 0.276. The van der Waals surface area contributed by atoms with Gasteiger partial charge in [-0.25, -0.2) is 9.78 Å². The second kappa shape index (κ2) is 10.6. The van der Waals surface area contributed by atoms with E-state index in [1.807, 2.05) is 94.4 Å². The van der Waals surface area contributed by atoms with E-state index in [-0.39, 0.29) is 11.6 Å². The number of rotatable bonds is 7. The molecule has 0 saturated heterocycles. The van der Waals surface area contributed by atoms with Crippen LogP contribution in [0.3, 0.4) is 0 Å². The highest BCUT2D eigenvalue weighted by Gasteiger charge is 2.27. The lowest BCUT2D eigenvalue weighted by Gasteiger charge is -2.31. The van der Waals surface area contributed by atoms with E-state index in [0.717, 1.165) is 28.8 Å². The molecular weight excluding hydrogens is 436 g/mol. The fourth-order valence-corrected chi connectivity index (χ4v) is 4.44. The van der Waals surface area contributed by atoms with Crippen molar-refractivity contribution >= 4 is 22.6 Å². The summed E-state index contributed by atoms with van der Waals surface area (Å²) in [6.07, 6.45) is 0.785. The first-order chi connectivity index (χ1) is 16.9. The van der Waals surface area contributed by atoms with E-state index in [2.05, 4.69) is 5.32 Å². The number of urea groups is 1. The third-order valence-electron chi connectivity index (χ3n) is 6.35. The van der Waals surface area contributed by atoms with Crippen molar-refractivity contribution in [2.24, 2.45) is 0 Å². The van der Waals surface area contributed by atoms with Crippen molar-refractivity contribution in [2.45, 2.75) is 53.2 Å². The largest absolute Gasteiger partial charge is 0.322 e. The number of carbonyl (C=O) groups excluding carboxylic acids is 1. The van der Waals surface area contributed by atoms with Gasteiger partial charge in [0.05, 0.1) is 16.9 Å². The molecule has 6 nitrogen and oxygen atoms in total. The van der Waals surface area contributed by atoms with Gasteiger partial charge in [0.15, 0.2) is 0 Å². The van der Waals surface area contributed by atoms with E-state index in [9.17, 15) is 9.59 Å². The number of nitrogens with one attached hydrogen (secondary N) is 1. The topological polar surface area (TPSA) is 67.2 Å². The molecule has 1 N–H and O–H groups in total. The Morgan fingerprint density at radius 1 is 0.971 bits per heavy atom. The zero-order chi connectivity index (χ0) is 24.9. The summed E-state index contributed by atoms with van der Waals surface area (Å²) in [6.45, 7) is 8.86. The predicted molar refractivity (Wildman–Crippen MR) is 142 cm³/mol. The highest BCUT2D eigenvalue weighted by molar-refractivity contribution is 5.91. The Kier molecular flexibility index (Phi) is 7.30. The molecule has 1 atom stereocenters. The summed E-state index contributed by atoms with van der Waals surface area (Å²) < 4.78 is 1.72. The van der Waals surface area contributed by atoms with Crippen LogP contribution in [0, 0.1) is 13.8 Å². The van der Waals surface area contributed by atoms with E-state index in [1.54, 1.807) is 15.5 Å². The van der Waals surface area contributed by atoms with Gasteiger partial charge in [0.1, 0.15) is 5.82 Å². The Hall–Kier alpha value is -3.93. The normalized spacial score (nSPS) is 11.9. The zero-order valence-electron chi connectivity index (χ0n) is 20.8. The van der Waals surface area contributed by atoms with Gasteiger partial charge in [-0.1, -0.05) is 67.6 Å². The smallest absolute Gasteiger partial charge is 0.310 e. The van der Waals surface area contributed by atoms with Gasteiger partial charge in [0, 0.05) is 18.8 Å². The van der Waals surface area contributed by atoms with Gasteiger partial charge in [0.2, 0.25) is 0 Å². The average molecular weight is 469 g/mol. The SMILES string of the molecule is CCCn1c(C(C)N(Cc2ccccc2)C(=O)Nc2c(C)cccc2C)nc2ccccc2c1=O. The molecule has 0 radical (unpaired) electrons. The minimum absolute atomic E-state index is 0.0749. The van der Waals surface area contributed by atoms with Gasteiger partial charge >= 0.3 is 6.03 Å². The number of para-hydroxylation sites is 2. The second-order valence-corrected chi connectivity index (χ2v) is 8.93.